The van der Waals surface area contributed by atoms with Gasteiger partial charge in [-0.2, -0.15) is 0 Å². The first-order valence-corrected chi connectivity index (χ1v) is 11.7. The molecule has 1 aromatic carbocycles. The second-order valence-electron chi connectivity index (χ2n) is 8.58. The van der Waals surface area contributed by atoms with Crippen molar-refractivity contribution in [3.8, 4) is 11.6 Å². The number of hydrogen-bond donors (Lipinski definition) is 3. The Labute approximate surface area is 228 Å². The maximum Gasteiger partial charge on any atom is 0.508 e. The molecule has 2 heterocycles. The van der Waals surface area contributed by atoms with Crippen LogP contribution in [0.5, 0.6) is 11.6 Å². The number of carbonyl (C=O) groups is 1. The first kappa shape index (κ1) is 19.2. The van der Waals surface area contributed by atoms with E-state index in [-0.39, 0.29) is 35.4 Å². The molecule has 0 amide bonds. The first-order valence-electron chi connectivity index (χ1n) is 15.7. The standard InChI is InChI=1S/C26H38N2O9/c1-7-33-26(32)34-13-20-21(29)22(30)23(31)25(36-20)37-24-19(16(6)28(27-24)14(2)3)12-17-8-10-18(11-9-17)35-15(4)5/h8-11,14-15,20-23,25,29-31H,7,12-13H2,1-6H3/t20-,21-,22+,23-,25+/m1/s1/i4D3,5D3,12D2. The van der Waals surface area contributed by atoms with Crippen molar-refractivity contribution in [2.45, 2.75) is 90.6 Å². The van der Waals surface area contributed by atoms with E-state index in [1.807, 2.05) is 0 Å². The summed E-state index contributed by atoms with van der Waals surface area (Å²) in [5, 5.41) is 35.9. The quantitative estimate of drug-likeness (QED) is 0.392. The van der Waals surface area contributed by atoms with Gasteiger partial charge in [-0.3, -0.25) is 4.68 Å². The van der Waals surface area contributed by atoms with Crippen LogP contribution in [0.2, 0.25) is 0 Å². The summed E-state index contributed by atoms with van der Waals surface area (Å²) in [7, 11) is 0. The minimum Gasteiger partial charge on any atom is -0.491 e. The number of hydrogen-bond acceptors (Lipinski definition) is 10. The number of aromatic nitrogens is 2. The van der Waals surface area contributed by atoms with Crippen molar-refractivity contribution in [3.05, 3.63) is 41.1 Å². The van der Waals surface area contributed by atoms with E-state index in [9.17, 15) is 20.1 Å². The number of aliphatic hydroxyl groups excluding tert-OH is 3. The predicted molar refractivity (Wildman–Crippen MR) is 133 cm³/mol. The third-order valence-electron chi connectivity index (χ3n) is 5.51. The van der Waals surface area contributed by atoms with Crippen molar-refractivity contribution < 1.29 is 54.8 Å². The number of ether oxygens (including phenoxy) is 5. The Morgan fingerprint density at radius 1 is 1.16 bits per heavy atom. The summed E-state index contributed by atoms with van der Waals surface area (Å²) in [5.74, 6) is -0.422. The van der Waals surface area contributed by atoms with Crippen LogP contribution in [0, 0.1) is 6.92 Å². The first-order chi connectivity index (χ1) is 20.7. The molecule has 0 unspecified atom stereocenters. The molecule has 0 saturated carbocycles. The molecule has 1 aromatic heterocycles. The molecule has 1 aliphatic rings. The molecule has 11 heteroatoms. The maximum absolute atomic E-state index is 11.6. The number of aliphatic hydroxyl groups is 3. The van der Waals surface area contributed by atoms with E-state index in [4.69, 9.17) is 29.9 Å². The Balaban J connectivity index is 1.94. The molecule has 2 aromatic rings. The third-order valence-corrected chi connectivity index (χ3v) is 5.51. The Morgan fingerprint density at radius 3 is 2.49 bits per heavy atom. The van der Waals surface area contributed by atoms with Crippen molar-refractivity contribution in [1.29, 1.82) is 0 Å². The number of nitrogens with zero attached hydrogens (tertiary/aromatic N) is 2. The largest absolute Gasteiger partial charge is 0.508 e. The minimum absolute atomic E-state index is 0.0311. The highest BCUT2D eigenvalue weighted by Crippen LogP contribution is 2.31. The molecule has 0 spiro atoms. The van der Waals surface area contributed by atoms with Gasteiger partial charge in [-0.05, 0) is 59.1 Å². The van der Waals surface area contributed by atoms with Gasteiger partial charge in [-0.25, -0.2) is 4.79 Å². The Kier molecular flexibility index (Phi) is 6.55. The van der Waals surface area contributed by atoms with E-state index < -0.39 is 69.6 Å². The lowest BCUT2D eigenvalue weighted by atomic mass is 9.99. The zero-order valence-corrected chi connectivity index (χ0v) is 21.0. The Morgan fingerprint density at radius 2 is 1.86 bits per heavy atom. The third kappa shape index (κ3) is 7.13. The van der Waals surface area contributed by atoms with E-state index in [1.54, 1.807) is 27.7 Å². The molecule has 0 bridgehead atoms. The highest BCUT2D eigenvalue weighted by atomic mass is 16.7. The number of benzene rings is 1. The SMILES string of the molecule is [2H]C([2H])(c1ccc(OC(C([2H])([2H])[2H])C([2H])([2H])[2H])cc1)c1c(O[C@@H]2O[C@H](COC(=O)OCC)[C@@H](O)[C@H](O)[C@H]2O)nn(C(C)C)c1C. The summed E-state index contributed by atoms with van der Waals surface area (Å²) in [4.78, 5) is 11.6. The maximum atomic E-state index is 11.6. The van der Waals surface area contributed by atoms with Gasteiger partial charge in [-0.1, -0.05) is 12.1 Å². The molecule has 206 valence electrons. The summed E-state index contributed by atoms with van der Waals surface area (Å²) in [6, 6.07) is 4.77. The Hall–Kier alpha value is -2.86. The van der Waals surface area contributed by atoms with Gasteiger partial charge in [0.25, 0.3) is 0 Å². The second kappa shape index (κ2) is 12.6. The average molecular weight is 531 g/mol. The van der Waals surface area contributed by atoms with Crippen LogP contribution in [-0.2, 0) is 20.6 Å². The second-order valence-corrected chi connectivity index (χ2v) is 8.58. The molecular weight excluding hydrogens is 484 g/mol. The topological polar surface area (TPSA) is 142 Å². The summed E-state index contributed by atoms with van der Waals surface area (Å²) >= 11 is 0. The normalized spacial score (nSPS) is 28.1. The fraction of sp³-hybridized carbons (Fsp3) is 0.615. The van der Waals surface area contributed by atoms with Crippen molar-refractivity contribution >= 4 is 6.16 Å². The zero-order valence-electron chi connectivity index (χ0n) is 29.0. The van der Waals surface area contributed by atoms with Gasteiger partial charge in [0.1, 0.15) is 36.8 Å². The van der Waals surface area contributed by atoms with E-state index in [0.717, 1.165) is 0 Å². The van der Waals surface area contributed by atoms with E-state index in [0.29, 0.717) is 5.69 Å². The van der Waals surface area contributed by atoms with E-state index in [1.165, 1.54) is 28.9 Å². The molecule has 3 N–H and O–H groups in total. The summed E-state index contributed by atoms with van der Waals surface area (Å²) in [5.41, 5.74) is 0.290. The molecule has 11 nitrogen and oxygen atoms in total. The van der Waals surface area contributed by atoms with Gasteiger partial charge in [0.15, 0.2) is 0 Å². The lowest BCUT2D eigenvalue weighted by Crippen LogP contribution is -2.60. The molecule has 1 fully saturated rings. The molecule has 1 aliphatic heterocycles. The van der Waals surface area contributed by atoms with Crippen LogP contribution in [0.3, 0.4) is 0 Å². The summed E-state index contributed by atoms with van der Waals surface area (Å²) in [6.45, 7) is 0.295. The van der Waals surface area contributed by atoms with Gasteiger partial charge >= 0.3 is 6.16 Å². The summed E-state index contributed by atoms with van der Waals surface area (Å²) < 4.78 is 91.0. The van der Waals surface area contributed by atoms with Crippen LogP contribution in [0.4, 0.5) is 4.79 Å². The smallest absolute Gasteiger partial charge is 0.491 e. The van der Waals surface area contributed by atoms with Crippen molar-refractivity contribution in [2.24, 2.45) is 0 Å². The van der Waals surface area contributed by atoms with Crippen molar-refractivity contribution in [2.75, 3.05) is 13.2 Å². The van der Waals surface area contributed by atoms with E-state index in [2.05, 4.69) is 9.84 Å². The van der Waals surface area contributed by atoms with Crippen LogP contribution >= 0.6 is 0 Å². The zero-order chi connectivity index (χ0) is 34.1. The van der Waals surface area contributed by atoms with Crippen LogP contribution in [0.1, 0.15) is 68.3 Å². The molecule has 5 atom stereocenters. The number of carbonyl (C=O) groups excluding carboxylic acids is 1. The van der Waals surface area contributed by atoms with E-state index >= 15 is 0 Å². The Bertz CT molecular complexity index is 1290. The van der Waals surface area contributed by atoms with Crippen LogP contribution < -0.4 is 9.47 Å². The van der Waals surface area contributed by atoms with Crippen molar-refractivity contribution in [1.82, 2.24) is 9.78 Å². The van der Waals surface area contributed by atoms with Gasteiger partial charge in [0, 0.05) is 34.6 Å². The molecule has 0 aliphatic carbocycles. The highest BCUT2D eigenvalue weighted by Gasteiger charge is 2.46. The fourth-order valence-electron chi connectivity index (χ4n) is 3.69. The molecule has 0 radical (unpaired) electrons. The van der Waals surface area contributed by atoms with Gasteiger partial charge < -0.3 is 39.0 Å². The van der Waals surface area contributed by atoms with Gasteiger partial charge in [0.2, 0.25) is 12.2 Å². The average Bonchev–Trinajstić information content (AvgIpc) is 3.27. The number of rotatable bonds is 10. The molecule has 1 saturated heterocycles. The van der Waals surface area contributed by atoms with Crippen LogP contribution in [0.25, 0.3) is 0 Å². The fourth-order valence-corrected chi connectivity index (χ4v) is 3.69. The lowest BCUT2D eigenvalue weighted by molar-refractivity contribution is -0.278. The monoisotopic (exact) mass is 530 g/mol. The van der Waals surface area contributed by atoms with Crippen LogP contribution in [0.15, 0.2) is 24.3 Å². The predicted octanol–water partition coefficient (Wildman–Crippen LogP) is 2.51. The van der Waals surface area contributed by atoms with Gasteiger partial charge in [0.05, 0.1) is 12.7 Å². The molecule has 37 heavy (non-hydrogen) atoms. The molecular formula is C26H38N2O9. The minimum atomic E-state index is -2.95. The van der Waals surface area contributed by atoms with Crippen LogP contribution in [-0.4, -0.2) is 81.3 Å². The summed E-state index contributed by atoms with van der Waals surface area (Å²) in [6.07, 6.45) is -13.8. The van der Waals surface area contributed by atoms with Gasteiger partial charge in [-0.15, -0.1) is 5.10 Å². The highest BCUT2D eigenvalue weighted by molar-refractivity contribution is 5.59. The van der Waals surface area contributed by atoms with Crippen molar-refractivity contribution in [3.63, 3.8) is 0 Å². The molecule has 3 rings (SSSR count). The lowest BCUT2D eigenvalue weighted by Gasteiger charge is -2.39.